The molecule has 0 bridgehead atoms. The number of anilines is 2. The quantitative estimate of drug-likeness (QED) is 0.688. The SMILES string of the molecule is Nc1cc2c(c(F)c1C1CC1)NC(=O)C2. The molecular weight excluding hydrogens is 195 g/mol. The molecule has 3 nitrogen and oxygen atoms in total. The predicted octanol–water partition coefficient (Wildman–Crippen LogP) is 1.78. The maximum Gasteiger partial charge on any atom is 0.228 e. The fraction of sp³-hybridized carbons (Fsp3) is 0.364. The molecule has 1 heterocycles. The number of amides is 1. The Morgan fingerprint density at radius 1 is 1.47 bits per heavy atom. The summed E-state index contributed by atoms with van der Waals surface area (Å²) in [5, 5.41) is 2.55. The molecule has 78 valence electrons. The number of nitrogens with two attached hydrogens (primary N) is 1. The lowest BCUT2D eigenvalue weighted by atomic mass is 10.0. The van der Waals surface area contributed by atoms with Crippen LogP contribution in [-0.2, 0) is 11.2 Å². The Balaban J connectivity index is 2.19. The van der Waals surface area contributed by atoms with E-state index in [2.05, 4.69) is 5.32 Å². The van der Waals surface area contributed by atoms with E-state index >= 15 is 0 Å². The van der Waals surface area contributed by atoms with Crippen LogP contribution in [0.25, 0.3) is 0 Å². The normalized spacial score (nSPS) is 18.9. The molecule has 1 aliphatic heterocycles. The van der Waals surface area contributed by atoms with E-state index < -0.39 is 0 Å². The van der Waals surface area contributed by atoms with Gasteiger partial charge in [-0.05, 0) is 30.4 Å². The monoisotopic (exact) mass is 206 g/mol. The number of fused-ring (bicyclic) bond motifs is 1. The third kappa shape index (κ3) is 1.21. The summed E-state index contributed by atoms with van der Waals surface area (Å²) in [5.41, 5.74) is 7.91. The Hall–Kier alpha value is -1.58. The van der Waals surface area contributed by atoms with E-state index in [1.165, 1.54) is 0 Å². The van der Waals surface area contributed by atoms with Crippen molar-refractivity contribution in [1.82, 2.24) is 0 Å². The van der Waals surface area contributed by atoms with Crippen molar-refractivity contribution in [3.8, 4) is 0 Å². The molecule has 1 aromatic carbocycles. The van der Waals surface area contributed by atoms with Gasteiger partial charge in [-0.2, -0.15) is 0 Å². The number of hydrogen-bond donors (Lipinski definition) is 2. The zero-order valence-corrected chi connectivity index (χ0v) is 8.14. The second-order valence-electron chi connectivity index (χ2n) is 4.23. The van der Waals surface area contributed by atoms with Crippen molar-refractivity contribution < 1.29 is 9.18 Å². The molecule has 1 saturated carbocycles. The number of hydrogen-bond acceptors (Lipinski definition) is 2. The van der Waals surface area contributed by atoms with Crippen LogP contribution in [0.4, 0.5) is 15.8 Å². The highest BCUT2D eigenvalue weighted by Crippen LogP contribution is 2.46. The summed E-state index contributed by atoms with van der Waals surface area (Å²) in [6, 6.07) is 1.73. The summed E-state index contributed by atoms with van der Waals surface area (Å²) >= 11 is 0. The second-order valence-corrected chi connectivity index (χ2v) is 4.23. The van der Waals surface area contributed by atoms with Crippen molar-refractivity contribution in [2.45, 2.75) is 25.2 Å². The minimum Gasteiger partial charge on any atom is -0.398 e. The van der Waals surface area contributed by atoms with Gasteiger partial charge in [-0.15, -0.1) is 0 Å². The van der Waals surface area contributed by atoms with Gasteiger partial charge in [-0.25, -0.2) is 4.39 Å². The molecule has 1 aliphatic carbocycles. The van der Waals surface area contributed by atoms with Gasteiger partial charge in [-0.3, -0.25) is 4.79 Å². The van der Waals surface area contributed by atoms with Crippen molar-refractivity contribution in [2.24, 2.45) is 0 Å². The smallest absolute Gasteiger partial charge is 0.228 e. The highest BCUT2D eigenvalue weighted by Gasteiger charge is 2.33. The fourth-order valence-corrected chi connectivity index (χ4v) is 2.16. The highest BCUT2D eigenvalue weighted by atomic mass is 19.1. The van der Waals surface area contributed by atoms with Crippen LogP contribution in [0.3, 0.4) is 0 Å². The fourth-order valence-electron chi connectivity index (χ4n) is 2.16. The van der Waals surface area contributed by atoms with E-state index in [4.69, 9.17) is 5.73 Å². The first-order chi connectivity index (χ1) is 7.16. The molecular formula is C11H11FN2O. The number of nitrogens with one attached hydrogen (secondary N) is 1. The van der Waals surface area contributed by atoms with Crippen LogP contribution < -0.4 is 11.1 Å². The lowest BCUT2D eigenvalue weighted by Gasteiger charge is -2.09. The van der Waals surface area contributed by atoms with Gasteiger partial charge < -0.3 is 11.1 Å². The number of nitrogen functional groups attached to an aromatic ring is 1. The van der Waals surface area contributed by atoms with Gasteiger partial charge in [-0.1, -0.05) is 0 Å². The largest absolute Gasteiger partial charge is 0.398 e. The molecule has 0 saturated heterocycles. The number of halogens is 1. The van der Waals surface area contributed by atoms with Gasteiger partial charge in [0.25, 0.3) is 0 Å². The van der Waals surface area contributed by atoms with Gasteiger partial charge in [0.15, 0.2) is 5.82 Å². The molecule has 0 atom stereocenters. The van der Waals surface area contributed by atoms with Gasteiger partial charge in [0.1, 0.15) is 0 Å². The van der Waals surface area contributed by atoms with Gasteiger partial charge in [0.2, 0.25) is 5.91 Å². The van der Waals surface area contributed by atoms with E-state index in [0.717, 1.165) is 12.8 Å². The van der Waals surface area contributed by atoms with E-state index in [-0.39, 0.29) is 24.1 Å². The molecule has 1 amide bonds. The standard InChI is InChI=1S/C11H11FN2O/c12-10-9(5-1-2-5)7(13)3-6-4-8(15)14-11(6)10/h3,5H,1-2,4,13H2,(H,14,15). The molecule has 0 aromatic heterocycles. The number of rotatable bonds is 1. The summed E-state index contributed by atoms with van der Waals surface area (Å²) in [6.07, 6.45) is 2.23. The van der Waals surface area contributed by atoms with Crippen LogP contribution >= 0.6 is 0 Å². The average molecular weight is 206 g/mol. The third-order valence-electron chi connectivity index (χ3n) is 3.02. The van der Waals surface area contributed by atoms with E-state index in [1.54, 1.807) is 6.07 Å². The van der Waals surface area contributed by atoms with Crippen molar-refractivity contribution in [3.63, 3.8) is 0 Å². The van der Waals surface area contributed by atoms with E-state index in [0.29, 0.717) is 22.5 Å². The second kappa shape index (κ2) is 2.72. The number of carbonyl (C=O) groups is 1. The Labute approximate surface area is 86.5 Å². The minimum absolute atomic E-state index is 0.156. The first-order valence-corrected chi connectivity index (χ1v) is 5.07. The van der Waals surface area contributed by atoms with Crippen molar-refractivity contribution in [3.05, 3.63) is 23.0 Å². The van der Waals surface area contributed by atoms with Gasteiger partial charge >= 0.3 is 0 Å². The zero-order chi connectivity index (χ0) is 10.6. The first-order valence-electron chi connectivity index (χ1n) is 5.07. The Kier molecular flexibility index (Phi) is 1.58. The molecule has 15 heavy (non-hydrogen) atoms. The predicted molar refractivity (Wildman–Crippen MR) is 55.1 cm³/mol. The maximum absolute atomic E-state index is 14.0. The summed E-state index contributed by atoms with van der Waals surface area (Å²) in [7, 11) is 0. The maximum atomic E-state index is 14.0. The van der Waals surface area contributed by atoms with Crippen molar-refractivity contribution >= 4 is 17.3 Å². The average Bonchev–Trinajstić information content (AvgIpc) is 2.90. The third-order valence-corrected chi connectivity index (χ3v) is 3.02. The molecule has 4 heteroatoms. The van der Waals surface area contributed by atoms with E-state index in [1.807, 2.05) is 0 Å². The van der Waals surface area contributed by atoms with E-state index in [9.17, 15) is 9.18 Å². The van der Waals surface area contributed by atoms with Crippen LogP contribution in [0.5, 0.6) is 0 Å². The molecule has 1 fully saturated rings. The summed E-state index contributed by atoms with van der Waals surface area (Å²) in [6.45, 7) is 0. The molecule has 0 spiro atoms. The summed E-state index contributed by atoms with van der Waals surface area (Å²) in [5.74, 6) is -0.220. The van der Waals surface area contributed by atoms with Crippen LogP contribution in [0.15, 0.2) is 6.07 Å². The minimum atomic E-state index is -0.321. The Bertz CT molecular complexity index is 466. The van der Waals surface area contributed by atoms with Crippen LogP contribution in [0, 0.1) is 5.82 Å². The summed E-state index contributed by atoms with van der Waals surface area (Å²) in [4.78, 5) is 11.1. The Morgan fingerprint density at radius 3 is 2.87 bits per heavy atom. The van der Waals surface area contributed by atoms with Crippen LogP contribution in [0.1, 0.15) is 29.9 Å². The molecule has 2 aliphatic rings. The highest BCUT2D eigenvalue weighted by molar-refractivity contribution is 6.00. The lowest BCUT2D eigenvalue weighted by molar-refractivity contribution is -0.115. The Morgan fingerprint density at radius 2 is 2.20 bits per heavy atom. The van der Waals surface area contributed by atoms with Gasteiger partial charge in [0, 0.05) is 11.3 Å². The number of benzene rings is 1. The molecule has 0 unspecified atom stereocenters. The van der Waals surface area contributed by atoms with Crippen molar-refractivity contribution in [2.75, 3.05) is 11.1 Å². The lowest BCUT2D eigenvalue weighted by Crippen LogP contribution is -2.05. The number of carbonyl (C=O) groups excluding carboxylic acids is 1. The van der Waals surface area contributed by atoms with Crippen molar-refractivity contribution in [1.29, 1.82) is 0 Å². The first kappa shape index (κ1) is 8.71. The van der Waals surface area contributed by atoms with Crippen LogP contribution in [-0.4, -0.2) is 5.91 Å². The molecule has 3 rings (SSSR count). The zero-order valence-electron chi connectivity index (χ0n) is 8.14. The topological polar surface area (TPSA) is 55.1 Å². The van der Waals surface area contributed by atoms with Gasteiger partial charge in [0.05, 0.1) is 12.1 Å². The molecule has 0 radical (unpaired) electrons. The van der Waals surface area contributed by atoms with Crippen LogP contribution in [0.2, 0.25) is 0 Å². The summed E-state index contributed by atoms with van der Waals surface area (Å²) < 4.78 is 14.0. The molecule has 3 N–H and O–H groups in total. The molecule has 1 aromatic rings.